The van der Waals surface area contributed by atoms with Gasteiger partial charge in [0.1, 0.15) is 0 Å². The maximum atomic E-state index is 4.76. The van der Waals surface area contributed by atoms with Gasteiger partial charge in [0.2, 0.25) is 0 Å². The largest absolute Gasteiger partial charge is 0.368 e. The van der Waals surface area contributed by atoms with Gasteiger partial charge < -0.3 is 4.98 Å². The molecule has 0 radical (unpaired) electrons. The molecule has 1 aromatic rings. The molecule has 1 rings (SSSR count). The second-order valence-electron chi connectivity index (χ2n) is 1.04. The minimum absolute atomic E-state index is 1.22. The van der Waals surface area contributed by atoms with Crippen molar-refractivity contribution in [2.24, 2.45) is 0 Å². The molecule has 2 heteroatoms. The zero-order valence-corrected chi connectivity index (χ0v) is 5.23. The van der Waals surface area contributed by atoms with E-state index in [1.54, 1.807) is 0 Å². The molecule has 1 N–H and O–H groups in total. The minimum atomic E-state index is 1.22. The lowest BCUT2D eigenvalue weighted by Gasteiger charge is -1.49. The molecule has 0 saturated heterocycles. The third-order valence-corrected chi connectivity index (χ3v) is 0.496. The Morgan fingerprint density at radius 2 is 1.75 bits per heavy atom. The molecule has 0 atom stereocenters. The van der Waals surface area contributed by atoms with E-state index in [0.29, 0.717) is 0 Å². The summed E-state index contributed by atoms with van der Waals surface area (Å²) in [6.45, 7) is 3.13. The number of hydrogen-bond acceptors (Lipinski definition) is 0. The van der Waals surface area contributed by atoms with Crippen molar-refractivity contribution in [3.8, 4) is 0 Å². The molecule has 0 aromatic carbocycles. The fourth-order valence-electron chi connectivity index (χ4n) is 0.278. The molecule has 0 fully saturated rings. The van der Waals surface area contributed by atoms with Crippen molar-refractivity contribution in [3.05, 3.63) is 36.6 Å². The van der Waals surface area contributed by atoms with Gasteiger partial charge in [-0.1, -0.05) is 18.2 Å². The first-order valence-corrected chi connectivity index (χ1v) is 2.64. The normalized spacial score (nSPS) is 6.62. The fourth-order valence-corrected chi connectivity index (χ4v) is 0.278. The summed E-state index contributed by atoms with van der Waals surface area (Å²) < 4.78 is 0. The van der Waals surface area contributed by atoms with Gasteiger partial charge in [-0.2, -0.15) is 0 Å². The van der Waals surface area contributed by atoms with Crippen molar-refractivity contribution < 1.29 is 0 Å². The van der Waals surface area contributed by atoms with Crippen LogP contribution in [0.4, 0.5) is 0 Å². The molecule has 44 valence electrons. The lowest BCUT2D eigenvalue weighted by atomic mass is 10.7. The average Bonchev–Trinajstić information content (AvgIpc) is 2.17. The van der Waals surface area contributed by atoms with Crippen LogP contribution in [0.3, 0.4) is 0 Å². The van der Waals surface area contributed by atoms with Gasteiger partial charge in [-0.05, 0) is 17.7 Å². The molecule has 1 heterocycles. The summed E-state index contributed by atoms with van der Waals surface area (Å²) in [4.78, 5) is 2.86. The van der Waals surface area contributed by atoms with Crippen molar-refractivity contribution in [1.29, 1.82) is 0 Å². The van der Waals surface area contributed by atoms with Crippen LogP contribution in [0.5, 0.6) is 0 Å². The zero-order valence-electron chi connectivity index (χ0n) is 4.47. The summed E-state index contributed by atoms with van der Waals surface area (Å²) in [7, 11) is 0. The van der Waals surface area contributed by atoms with Gasteiger partial charge in [-0.15, -0.1) is 0 Å². The van der Waals surface area contributed by atoms with E-state index in [1.807, 2.05) is 24.5 Å². The van der Waals surface area contributed by atoms with Crippen LogP contribution in [-0.2, 0) is 0 Å². The van der Waals surface area contributed by atoms with Gasteiger partial charge in [0.25, 0.3) is 0 Å². The number of halogens is 1. The number of nitrogens with one attached hydrogen (secondary N) is 1. The smallest absolute Gasteiger partial charge is 0.000496 e. The molecular weight excluding hydrogens is 122 g/mol. The monoisotopic (exact) mass is 129 g/mol. The van der Waals surface area contributed by atoms with E-state index in [4.69, 9.17) is 11.6 Å². The molecule has 0 amide bonds. The summed E-state index contributed by atoms with van der Waals surface area (Å²) in [5.41, 5.74) is 1.22. The number of hydrogen-bond donors (Lipinski definition) is 1. The SMILES string of the molecule is C=CCl.c1cc[nH]c1. The average molecular weight is 130 g/mol. The van der Waals surface area contributed by atoms with Crippen molar-refractivity contribution in [3.63, 3.8) is 0 Å². The molecular formula is C6H8ClN. The predicted octanol–water partition coefficient (Wildman–Crippen LogP) is 2.38. The number of rotatable bonds is 0. The summed E-state index contributed by atoms with van der Waals surface area (Å²) in [5.74, 6) is 0. The van der Waals surface area contributed by atoms with Gasteiger partial charge in [-0.3, -0.25) is 0 Å². The molecule has 0 aliphatic rings. The summed E-state index contributed by atoms with van der Waals surface area (Å²) in [5, 5.41) is 0. The molecule has 0 unspecified atom stereocenters. The highest BCUT2D eigenvalue weighted by atomic mass is 35.5. The lowest BCUT2D eigenvalue weighted by Crippen LogP contribution is -1.38. The third kappa shape index (κ3) is 5.31. The van der Waals surface area contributed by atoms with Crippen molar-refractivity contribution >= 4 is 11.6 Å². The zero-order chi connectivity index (χ0) is 6.24. The van der Waals surface area contributed by atoms with E-state index in [1.165, 1.54) is 5.54 Å². The fraction of sp³-hybridized carbons (Fsp3) is 0. The Hall–Kier alpha value is -0.690. The second-order valence-corrected chi connectivity index (χ2v) is 1.35. The molecule has 1 aromatic heterocycles. The van der Waals surface area contributed by atoms with Crippen molar-refractivity contribution in [2.75, 3.05) is 0 Å². The van der Waals surface area contributed by atoms with Crippen LogP contribution in [0.2, 0.25) is 0 Å². The number of H-pyrrole nitrogens is 1. The van der Waals surface area contributed by atoms with E-state index in [2.05, 4.69) is 11.6 Å². The highest BCUT2D eigenvalue weighted by Crippen LogP contribution is 1.72. The topological polar surface area (TPSA) is 15.8 Å². The van der Waals surface area contributed by atoms with Crippen LogP contribution in [0.25, 0.3) is 0 Å². The first-order chi connectivity index (χ1) is 3.91. The maximum absolute atomic E-state index is 4.76. The van der Waals surface area contributed by atoms with Crippen LogP contribution < -0.4 is 0 Å². The van der Waals surface area contributed by atoms with E-state index < -0.39 is 0 Å². The predicted molar refractivity (Wildman–Crippen MR) is 36.8 cm³/mol. The molecule has 0 aliphatic heterocycles. The minimum Gasteiger partial charge on any atom is -0.368 e. The summed E-state index contributed by atoms with van der Waals surface area (Å²) in [6.07, 6.45) is 3.75. The molecule has 0 aliphatic carbocycles. The Balaban J connectivity index is 0.000000145. The Morgan fingerprint density at radius 3 is 1.88 bits per heavy atom. The third-order valence-electron chi connectivity index (χ3n) is 0.496. The van der Waals surface area contributed by atoms with Gasteiger partial charge in [0.05, 0.1) is 0 Å². The van der Waals surface area contributed by atoms with Gasteiger partial charge in [-0.25, -0.2) is 0 Å². The molecule has 0 saturated carbocycles. The molecule has 8 heavy (non-hydrogen) atoms. The van der Waals surface area contributed by atoms with Crippen LogP contribution in [0.1, 0.15) is 0 Å². The van der Waals surface area contributed by atoms with Crippen molar-refractivity contribution in [2.45, 2.75) is 0 Å². The van der Waals surface area contributed by atoms with Crippen LogP contribution >= 0.6 is 11.6 Å². The maximum Gasteiger partial charge on any atom is 0.000496 e. The first-order valence-electron chi connectivity index (χ1n) is 2.20. The Morgan fingerprint density at radius 1 is 1.38 bits per heavy atom. The van der Waals surface area contributed by atoms with Gasteiger partial charge >= 0.3 is 0 Å². The van der Waals surface area contributed by atoms with Gasteiger partial charge in [0.15, 0.2) is 0 Å². The lowest BCUT2D eigenvalue weighted by molar-refractivity contribution is 1.42. The Labute approximate surface area is 54.0 Å². The first kappa shape index (κ1) is 7.31. The summed E-state index contributed by atoms with van der Waals surface area (Å²) in [6, 6.07) is 3.89. The molecule has 1 nitrogen and oxygen atoms in total. The number of aromatic nitrogens is 1. The standard InChI is InChI=1S/C4H5N.C2H3Cl/c1-2-4-5-3-1;1-2-3/h1-5H;2H,1H2. The van der Waals surface area contributed by atoms with E-state index in [9.17, 15) is 0 Å². The quantitative estimate of drug-likeness (QED) is 0.554. The van der Waals surface area contributed by atoms with Crippen molar-refractivity contribution in [1.82, 2.24) is 4.98 Å². The van der Waals surface area contributed by atoms with E-state index in [0.717, 1.165) is 0 Å². The van der Waals surface area contributed by atoms with Crippen LogP contribution in [0.15, 0.2) is 36.6 Å². The van der Waals surface area contributed by atoms with Crippen LogP contribution in [-0.4, -0.2) is 4.98 Å². The highest BCUT2D eigenvalue weighted by Gasteiger charge is 1.55. The number of aromatic amines is 1. The molecule has 0 spiro atoms. The van der Waals surface area contributed by atoms with Gasteiger partial charge in [0, 0.05) is 12.4 Å². The Bertz CT molecular complexity index is 94.9. The summed E-state index contributed by atoms with van der Waals surface area (Å²) >= 11 is 4.76. The van der Waals surface area contributed by atoms with Crippen LogP contribution in [0, 0.1) is 0 Å². The Kier molecular flexibility index (Phi) is 5.77. The highest BCUT2D eigenvalue weighted by molar-refractivity contribution is 6.25. The second kappa shape index (κ2) is 6.31. The van der Waals surface area contributed by atoms with E-state index in [-0.39, 0.29) is 0 Å². The molecule has 0 bridgehead atoms. The van der Waals surface area contributed by atoms with E-state index >= 15 is 0 Å².